The topological polar surface area (TPSA) is 53.5 Å². The van der Waals surface area contributed by atoms with Gasteiger partial charge in [-0.1, -0.05) is 35.9 Å². The Labute approximate surface area is 193 Å². The highest BCUT2D eigenvalue weighted by Gasteiger charge is 2.39. The molecule has 32 heavy (non-hydrogen) atoms. The predicted octanol–water partition coefficient (Wildman–Crippen LogP) is 4.92. The van der Waals surface area contributed by atoms with Crippen molar-refractivity contribution < 1.29 is 21.6 Å². The highest BCUT2D eigenvalue weighted by molar-refractivity contribution is 7.89. The number of hydrogen-bond donors (Lipinski definition) is 0. The van der Waals surface area contributed by atoms with Gasteiger partial charge >= 0.3 is 6.18 Å². The third-order valence-corrected chi connectivity index (χ3v) is 8.32. The van der Waals surface area contributed by atoms with Crippen molar-refractivity contribution in [3.8, 4) is 0 Å². The molecule has 0 N–H and O–H groups in total. The molecule has 11 heteroatoms. The molecule has 0 amide bonds. The zero-order chi connectivity index (χ0) is 22.9. The van der Waals surface area contributed by atoms with Gasteiger partial charge in [0.15, 0.2) is 5.13 Å². The lowest BCUT2D eigenvalue weighted by Crippen LogP contribution is -2.49. The SMILES string of the molecule is O=S(=O)(c1ccccc1C(F)(F)F)N1CCN(c2nc(Cc3ccc(Cl)cc3)cs2)CC1. The summed E-state index contributed by atoms with van der Waals surface area (Å²) < 4.78 is 66.8. The molecule has 0 unspecified atom stereocenters. The van der Waals surface area contributed by atoms with Gasteiger partial charge in [0.25, 0.3) is 0 Å². The second-order valence-electron chi connectivity index (χ2n) is 7.31. The normalized spacial score (nSPS) is 15.8. The number of halogens is 4. The summed E-state index contributed by atoms with van der Waals surface area (Å²) in [5.74, 6) is 0. The fourth-order valence-corrected chi connectivity index (χ4v) is 6.16. The number of nitrogens with zero attached hydrogens (tertiary/aromatic N) is 3. The van der Waals surface area contributed by atoms with Crippen LogP contribution in [0.5, 0.6) is 0 Å². The van der Waals surface area contributed by atoms with Crippen molar-refractivity contribution in [1.29, 1.82) is 0 Å². The molecule has 170 valence electrons. The first-order valence-electron chi connectivity index (χ1n) is 9.75. The van der Waals surface area contributed by atoms with Crippen molar-refractivity contribution in [1.82, 2.24) is 9.29 Å². The molecule has 0 radical (unpaired) electrons. The van der Waals surface area contributed by atoms with Gasteiger partial charge in [0, 0.05) is 43.0 Å². The maximum atomic E-state index is 13.3. The van der Waals surface area contributed by atoms with Crippen molar-refractivity contribution >= 4 is 38.1 Å². The Kier molecular flexibility index (Phi) is 6.49. The number of rotatable bonds is 5. The fraction of sp³-hybridized carbons (Fsp3) is 0.286. The van der Waals surface area contributed by atoms with Crippen molar-refractivity contribution in [2.45, 2.75) is 17.5 Å². The van der Waals surface area contributed by atoms with E-state index in [0.717, 1.165) is 32.8 Å². The van der Waals surface area contributed by atoms with Gasteiger partial charge in [0.05, 0.1) is 16.2 Å². The smallest absolute Gasteiger partial charge is 0.345 e. The first kappa shape index (κ1) is 23.0. The molecular formula is C21H19ClF3N3O2S2. The molecule has 0 saturated carbocycles. The molecule has 1 saturated heterocycles. The van der Waals surface area contributed by atoms with Crippen molar-refractivity contribution in [2.75, 3.05) is 31.1 Å². The van der Waals surface area contributed by atoms with Crippen LogP contribution in [-0.4, -0.2) is 43.9 Å². The zero-order valence-corrected chi connectivity index (χ0v) is 19.1. The largest absolute Gasteiger partial charge is 0.417 e. The zero-order valence-electron chi connectivity index (χ0n) is 16.7. The van der Waals surface area contributed by atoms with Crippen molar-refractivity contribution in [3.63, 3.8) is 0 Å². The van der Waals surface area contributed by atoms with Gasteiger partial charge in [-0.15, -0.1) is 11.3 Å². The molecule has 4 rings (SSSR count). The molecule has 0 aliphatic carbocycles. The number of anilines is 1. The summed E-state index contributed by atoms with van der Waals surface area (Å²) in [6.45, 7) is 0.865. The monoisotopic (exact) mass is 501 g/mol. The Hall–Kier alpha value is -2.14. The Bertz CT molecular complexity index is 1190. The van der Waals surface area contributed by atoms with Crippen LogP contribution in [0.25, 0.3) is 0 Å². The lowest BCUT2D eigenvalue weighted by molar-refractivity contribution is -0.139. The third kappa shape index (κ3) is 4.93. The number of thiazole rings is 1. The van der Waals surface area contributed by atoms with Crippen LogP contribution >= 0.6 is 22.9 Å². The highest BCUT2D eigenvalue weighted by atomic mass is 35.5. The predicted molar refractivity (Wildman–Crippen MR) is 119 cm³/mol. The molecule has 2 aromatic carbocycles. The van der Waals surface area contributed by atoms with Gasteiger partial charge in [0.1, 0.15) is 0 Å². The Balaban J connectivity index is 1.44. The molecule has 1 fully saturated rings. The van der Waals surface area contributed by atoms with E-state index < -0.39 is 26.7 Å². The maximum Gasteiger partial charge on any atom is 0.417 e. The van der Waals surface area contributed by atoms with Crippen LogP contribution in [0.15, 0.2) is 58.8 Å². The van der Waals surface area contributed by atoms with E-state index in [1.807, 2.05) is 34.5 Å². The first-order valence-corrected chi connectivity index (χ1v) is 12.4. The number of aromatic nitrogens is 1. The lowest BCUT2D eigenvalue weighted by Gasteiger charge is -2.34. The van der Waals surface area contributed by atoms with Crippen molar-refractivity contribution in [2.24, 2.45) is 0 Å². The summed E-state index contributed by atoms with van der Waals surface area (Å²) in [5.41, 5.74) is 0.821. The van der Waals surface area contributed by atoms with Crippen LogP contribution in [-0.2, 0) is 22.6 Å². The van der Waals surface area contributed by atoms with E-state index >= 15 is 0 Å². The maximum absolute atomic E-state index is 13.3. The number of piperazine rings is 1. The minimum absolute atomic E-state index is 0.0840. The van der Waals surface area contributed by atoms with Crippen LogP contribution in [0, 0.1) is 0 Å². The molecule has 1 aliphatic heterocycles. The number of benzene rings is 2. The number of alkyl halides is 3. The number of hydrogen-bond acceptors (Lipinski definition) is 5. The lowest BCUT2D eigenvalue weighted by atomic mass is 10.1. The van der Waals surface area contributed by atoms with E-state index in [4.69, 9.17) is 11.6 Å². The standard InChI is InChI=1S/C21H19ClF3N3O2S2/c22-16-7-5-15(6-8-16)13-17-14-31-20(26-17)27-9-11-28(12-10-27)32(29,30)19-4-2-1-3-18(19)21(23,24)25/h1-8,14H,9-13H2. The van der Waals surface area contributed by atoms with E-state index in [2.05, 4.69) is 4.98 Å². The molecular weight excluding hydrogens is 483 g/mol. The summed E-state index contributed by atoms with van der Waals surface area (Å²) in [7, 11) is -4.26. The van der Waals surface area contributed by atoms with E-state index in [0.29, 0.717) is 24.5 Å². The molecule has 0 bridgehead atoms. The van der Waals surface area contributed by atoms with Crippen LogP contribution in [0.1, 0.15) is 16.8 Å². The van der Waals surface area contributed by atoms with Gasteiger partial charge in [-0.05, 0) is 29.8 Å². The van der Waals surface area contributed by atoms with Crippen LogP contribution in [0.2, 0.25) is 5.02 Å². The van der Waals surface area contributed by atoms with E-state index in [9.17, 15) is 21.6 Å². The molecule has 3 aromatic rings. The highest BCUT2D eigenvalue weighted by Crippen LogP contribution is 2.35. The van der Waals surface area contributed by atoms with Gasteiger partial charge < -0.3 is 4.90 Å². The van der Waals surface area contributed by atoms with Crippen molar-refractivity contribution in [3.05, 3.63) is 75.8 Å². The third-order valence-electron chi connectivity index (χ3n) is 5.16. The van der Waals surface area contributed by atoms with Crippen LogP contribution in [0.3, 0.4) is 0 Å². The quantitative estimate of drug-likeness (QED) is 0.498. The average Bonchev–Trinajstić information content (AvgIpc) is 3.23. The summed E-state index contributed by atoms with van der Waals surface area (Å²) in [5, 5.41) is 3.38. The van der Waals surface area contributed by atoms with Crippen LogP contribution < -0.4 is 4.90 Å². The summed E-state index contributed by atoms with van der Waals surface area (Å²) in [6.07, 6.45) is -4.09. The summed E-state index contributed by atoms with van der Waals surface area (Å²) >= 11 is 7.37. The van der Waals surface area contributed by atoms with E-state index in [1.165, 1.54) is 23.5 Å². The van der Waals surface area contributed by atoms with E-state index in [1.54, 1.807) is 0 Å². The Morgan fingerprint density at radius 1 is 1.00 bits per heavy atom. The Morgan fingerprint density at radius 3 is 2.31 bits per heavy atom. The minimum atomic E-state index is -4.74. The molecule has 1 aromatic heterocycles. The van der Waals surface area contributed by atoms with Gasteiger partial charge in [-0.2, -0.15) is 17.5 Å². The van der Waals surface area contributed by atoms with Crippen LogP contribution in [0.4, 0.5) is 18.3 Å². The van der Waals surface area contributed by atoms with E-state index in [-0.39, 0.29) is 13.1 Å². The molecule has 0 spiro atoms. The Morgan fingerprint density at radius 2 is 1.66 bits per heavy atom. The van der Waals surface area contributed by atoms with Gasteiger partial charge in [-0.25, -0.2) is 13.4 Å². The molecule has 2 heterocycles. The molecule has 5 nitrogen and oxygen atoms in total. The fourth-order valence-electron chi connectivity index (χ4n) is 3.52. The second kappa shape index (κ2) is 9.01. The van der Waals surface area contributed by atoms with Gasteiger partial charge in [-0.3, -0.25) is 0 Å². The molecule has 0 atom stereocenters. The first-order chi connectivity index (χ1) is 15.1. The average molecular weight is 502 g/mol. The van der Waals surface area contributed by atoms with Gasteiger partial charge in [0.2, 0.25) is 10.0 Å². The number of sulfonamides is 1. The summed E-state index contributed by atoms with van der Waals surface area (Å²) in [4.78, 5) is 5.89. The molecule has 1 aliphatic rings. The minimum Gasteiger partial charge on any atom is -0.345 e. The summed E-state index contributed by atoms with van der Waals surface area (Å²) in [6, 6.07) is 11.8. The second-order valence-corrected chi connectivity index (χ2v) is 10.5.